The molecule has 3 heteroatoms. The third kappa shape index (κ3) is 1.73. The molecule has 0 aromatic rings. The van der Waals surface area contributed by atoms with Crippen molar-refractivity contribution in [3.05, 3.63) is 0 Å². The molecule has 1 aliphatic heterocycles. The number of hydrogen-bond donors (Lipinski definition) is 0. The lowest BCUT2D eigenvalue weighted by Crippen LogP contribution is -2.47. The van der Waals surface area contributed by atoms with E-state index in [1.165, 1.54) is 0 Å². The van der Waals surface area contributed by atoms with Crippen LogP contribution in [0.2, 0.25) is 0 Å². The standard InChI is InChI=1S/C11H17NO2/c1-2-12-4-3-8-5-9(13)6-11(14)10(8)7-12/h8,10H,2-7H2,1H3. The summed E-state index contributed by atoms with van der Waals surface area (Å²) in [6.45, 7) is 5.08. The molecule has 2 atom stereocenters. The molecule has 2 unspecified atom stereocenters. The zero-order valence-electron chi connectivity index (χ0n) is 8.66. The molecule has 1 saturated carbocycles. The summed E-state index contributed by atoms with van der Waals surface area (Å²) >= 11 is 0. The van der Waals surface area contributed by atoms with Gasteiger partial charge in [-0.3, -0.25) is 9.59 Å². The summed E-state index contributed by atoms with van der Waals surface area (Å²) < 4.78 is 0. The van der Waals surface area contributed by atoms with Gasteiger partial charge in [0.2, 0.25) is 0 Å². The molecular weight excluding hydrogens is 178 g/mol. The molecule has 0 bridgehead atoms. The number of hydrogen-bond acceptors (Lipinski definition) is 3. The van der Waals surface area contributed by atoms with Crippen LogP contribution in [0.25, 0.3) is 0 Å². The quantitative estimate of drug-likeness (QED) is 0.583. The Hall–Kier alpha value is -0.700. The largest absolute Gasteiger partial charge is 0.303 e. The lowest BCUT2D eigenvalue weighted by molar-refractivity contribution is -0.137. The van der Waals surface area contributed by atoms with Gasteiger partial charge in [0.1, 0.15) is 11.6 Å². The number of Topliss-reactive ketones (excluding diaryl/α,β-unsaturated/α-hetero) is 2. The first-order chi connectivity index (χ1) is 6.70. The van der Waals surface area contributed by atoms with E-state index < -0.39 is 0 Å². The number of carbonyl (C=O) groups excluding carboxylic acids is 2. The highest BCUT2D eigenvalue weighted by Crippen LogP contribution is 2.32. The molecule has 2 fully saturated rings. The first-order valence-electron chi connectivity index (χ1n) is 5.47. The van der Waals surface area contributed by atoms with Crippen molar-refractivity contribution in [3.63, 3.8) is 0 Å². The van der Waals surface area contributed by atoms with Crippen molar-refractivity contribution < 1.29 is 9.59 Å². The van der Waals surface area contributed by atoms with E-state index in [0.717, 1.165) is 26.1 Å². The molecule has 1 aliphatic carbocycles. The second kappa shape index (κ2) is 3.81. The van der Waals surface area contributed by atoms with E-state index in [9.17, 15) is 9.59 Å². The molecule has 0 radical (unpaired) electrons. The summed E-state index contributed by atoms with van der Waals surface area (Å²) in [5.41, 5.74) is 0. The molecule has 2 aliphatic rings. The Bertz CT molecular complexity index is 262. The van der Waals surface area contributed by atoms with E-state index >= 15 is 0 Å². The van der Waals surface area contributed by atoms with Gasteiger partial charge in [-0.1, -0.05) is 6.92 Å². The molecule has 1 heterocycles. The summed E-state index contributed by atoms with van der Waals surface area (Å²) in [4.78, 5) is 25.2. The van der Waals surface area contributed by atoms with Gasteiger partial charge in [0.25, 0.3) is 0 Å². The van der Waals surface area contributed by atoms with Crippen LogP contribution < -0.4 is 0 Å². The first kappa shape index (κ1) is 9.84. The Morgan fingerprint density at radius 2 is 2.21 bits per heavy atom. The van der Waals surface area contributed by atoms with Gasteiger partial charge < -0.3 is 4.90 Å². The topological polar surface area (TPSA) is 37.4 Å². The van der Waals surface area contributed by atoms with Crippen LogP contribution in [0.1, 0.15) is 26.2 Å². The maximum atomic E-state index is 11.7. The number of rotatable bonds is 1. The highest BCUT2D eigenvalue weighted by atomic mass is 16.1. The van der Waals surface area contributed by atoms with Crippen LogP contribution in [0.15, 0.2) is 0 Å². The van der Waals surface area contributed by atoms with Crippen molar-refractivity contribution in [2.45, 2.75) is 26.2 Å². The summed E-state index contributed by atoms with van der Waals surface area (Å²) in [6.07, 6.45) is 1.86. The number of ketones is 2. The SMILES string of the molecule is CCN1CCC2CC(=O)CC(=O)C2C1. The average Bonchev–Trinajstić information content (AvgIpc) is 2.17. The molecule has 0 aromatic carbocycles. The van der Waals surface area contributed by atoms with Crippen LogP contribution in [0.3, 0.4) is 0 Å². The second-order valence-corrected chi connectivity index (χ2v) is 4.43. The van der Waals surface area contributed by atoms with E-state index in [2.05, 4.69) is 11.8 Å². The van der Waals surface area contributed by atoms with Gasteiger partial charge in [0, 0.05) is 18.9 Å². The molecule has 0 N–H and O–H groups in total. The molecule has 0 amide bonds. The zero-order valence-corrected chi connectivity index (χ0v) is 8.66. The second-order valence-electron chi connectivity index (χ2n) is 4.43. The fraction of sp³-hybridized carbons (Fsp3) is 0.818. The van der Waals surface area contributed by atoms with E-state index in [4.69, 9.17) is 0 Å². The number of fused-ring (bicyclic) bond motifs is 1. The Morgan fingerprint density at radius 3 is 2.93 bits per heavy atom. The van der Waals surface area contributed by atoms with Crippen LogP contribution in [0.5, 0.6) is 0 Å². The monoisotopic (exact) mass is 195 g/mol. The van der Waals surface area contributed by atoms with Crippen LogP contribution in [0, 0.1) is 11.8 Å². The Labute approximate surface area is 84.5 Å². The van der Waals surface area contributed by atoms with Crippen LogP contribution >= 0.6 is 0 Å². The third-order valence-corrected chi connectivity index (χ3v) is 3.56. The zero-order chi connectivity index (χ0) is 10.1. The van der Waals surface area contributed by atoms with E-state index in [-0.39, 0.29) is 23.9 Å². The van der Waals surface area contributed by atoms with Gasteiger partial charge in [-0.05, 0) is 25.4 Å². The van der Waals surface area contributed by atoms with Gasteiger partial charge in [-0.15, -0.1) is 0 Å². The van der Waals surface area contributed by atoms with Gasteiger partial charge in [-0.2, -0.15) is 0 Å². The fourth-order valence-corrected chi connectivity index (χ4v) is 2.65. The summed E-state index contributed by atoms with van der Waals surface area (Å²) in [5.74, 6) is 0.846. The number of likely N-dealkylation sites (tertiary alicyclic amines) is 1. The molecule has 14 heavy (non-hydrogen) atoms. The minimum atomic E-state index is 0.154. The Kier molecular flexibility index (Phi) is 2.68. The smallest absolute Gasteiger partial charge is 0.144 e. The Balaban J connectivity index is 2.06. The normalized spacial score (nSPS) is 34.4. The summed E-state index contributed by atoms with van der Waals surface area (Å²) in [5, 5.41) is 0. The van der Waals surface area contributed by atoms with Crippen molar-refractivity contribution in [1.29, 1.82) is 0 Å². The maximum Gasteiger partial charge on any atom is 0.144 e. The number of piperidine rings is 1. The molecule has 0 spiro atoms. The lowest BCUT2D eigenvalue weighted by Gasteiger charge is -2.39. The molecular formula is C11H17NO2. The van der Waals surface area contributed by atoms with Crippen molar-refractivity contribution in [1.82, 2.24) is 4.90 Å². The summed E-state index contributed by atoms with van der Waals surface area (Å²) in [6, 6.07) is 0. The van der Waals surface area contributed by atoms with Gasteiger partial charge in [-0.25, -0.2) is 0 Å². The van der Waals surface area contributed by atoms with Crippen molar-refractivity contribution in [3.8, 4) is 0 Å². The molecule has 78 valence electrons. The van der Waals surface area contributed by atoms with Gasteiger partial charge >= 0.3 is 0 Å². The Morgan fingerprint density at radius 1 is 1.43 bits per heavy atom. The van der Waals surface area contributed by atoms with Crippen molar-refractivity contribution in [2.75, 3.05) is 19.6 Å². The minimum absolute atomic E-state index is 0.154. The van der Waals surface area contributed by atoms with E-state index in [1.807, 2.05) is 0 Å². The van der Waals surface area contributed by atoms with E-state index in [1.54, 1.807) is 0 Å². The van der Waals surface area contributed by atoms with Crippen molar-refractivity contribution in [2.24, 2.45) is 11.8 Å². The summed E-state index contributed by atoms with van der Waals surface area (Å²) in [7, 11) is 0. The highest BCUT2D eigenvalue weighted by molar-refractivity contribution is 6.02. The third-order valence-electron chi connectivity index (χ3n) is 3.56. The molecule has 3 nitrogen and oxygen atoms in total. The molecule has 2 rings (SSSR count). The first-order valence-corrected chi connectivity index (χ1v) is 5.47. The van der Waals surface area contributed by atoms with Gasteiger partial charge in [0.15, 0.2) is 0 Å². The molecule has 1 saturated heterocycles. The predicted molar refractivity (Wildman–Crippen MR) is 53.0 cm³/mol. The van der Waals surface area contributed by atoms with Crippen LogP contribution in [-0.2, 0) is 9.59 Å². The maximum absolute atomic E-state index is 11.7. The fourth-order valence-electron chi connectivity index (χ4n) is 2.65. The minimum Gasteiger partial charge on any atom is -0.303 e. The van der Waals surface area contributed by atoms with Crippen molar-refractivity contribution >= 4 is 11.6 Å². The van der Waals surface area contributed by atoms with E-state index in [0.29, 0.717) is 12.3 Å². The van der Waals surface area contributed by atoms with Gasteiger partial charge in [0.05, 0.1) is 6.42 Å². The highest BCUT2D eigenvalue weighted by Gasteiger charge is 2.38. The van der Waals surface area contributed by atoms with Crippen LogP contribution in [0.4, 0.5) is 0 Å². The molecule has 0 aromatic heterocycles. The average molecular weight is 195 g/mol. The lowest BCUT2D eigenvalue weighted by atomic mass is 9.74. The van der Waals surface area contributed by atoms with Crippen LogP contribution in [-0.4, -0.2) is 36.1 Å². The predicted octanol–water partition coefficient (Wildman–Crippen LogP) is 0.876. The number of carbonyl (C=O) groups is 2. The number of nitrogens with zero attached hydrogens (tertiary/aromatic N) is 1.